The summed E-state index contributed by atoms with van der Waals surface area (Å²) in [7, 11) is 0. The number of aryl methyl sites for hydroxylation is 1. The second-order valence-corrected chi connectivity index (χ2v) is 8.94. The van der Waals surface area contributed by atoms with E-state index in [1.165, 1.54) is 5.56 Å². The number of rotatable bonds is 3. The molecule has 1 atom stereocenters. The molecule has 1 aliphatic rings. The van der Waals surface area contributed by atoms with Crippen LogP contribution in [0, 0.1) is 11.3 Å². The van der Waals surface area contributed by atoms with Crippen molar-refractivity contribution in [3.05, 3.63) is 65.1 Å². The van der Waals surface area contributed by atoms with E-state index in [2.05, 4.69) is 31.1 Å². The summed E-state index contributed by atoms with van der Waals surface area (Å²) in [5.41, 5.74) is 4.54. The Morgan fingerprint density at radius 1 is 1.07 bits per heavy atom. The molecule has 1 aromatic carbocycles. The number of aromatic nitrogens is 3. The number of halogens is 1. The topological polar surface area (TPSA) is 50.7 Å². The van der Waals surface area contributed by atoms with Gasteiger partial charge in [-0.25, -0.2) is 9.97 Å². The van der Waals surface area contributed by atoms with E-state index in [0.29, 0.717) is 5.92 Å². The molecule has 0 aliphatic heterocycles. The molecule has 5 heteroatoms. The fourth-order valence-corrected chi connectivity index (χ4v) is 3.87. The van der Waals surface area contributed by atoms with E-state index >= 15 is 0 Å². The Morgan fingerprint density at radius 3 is 2.54 bits per heavy atom. The number of hydrogen-bond acceptors (Lipinski definition) is 4. The third-order valence-corrected chi connectivity index (χ3v) is 5.78. The van der Waals surface area contributed by atoms with E-state index in [-0.39, 0.29) is 5.41 Å². The lowest BCUT2D eigenvalue weighted by molar-refractivity contribution is 0.215. The van der Waals surface area contributed by atoms with Crippen molar-refractivity contribution in [3.8, 4) is 11.4 Å². The highest BCUT2D eigenvalue weighted by Crippen LogP contribution is 2.39. The van der Waals surface area contributed by atoms with Gasteiger partial charge in [-0.2, -0.15) is 0 Å². The summed E-state index contributed by atoms with van der Waals surface area (Å²) in [5, 5.41) is 4.23. The van der Waals surface area contributed by atoms with E-state index in [9.17, 15) is 0 Å². The van der Waals surface area contributed by atoms with Gasteiger partial charge in [0.2, 0.25) is 0 Å². The predicted molar refractivity (Wildman–Crippen MR) is 115 cm³/mol. The minimum Gasteiger partial charge on any atom is -0.340 e. The van der Waals surface area contributed by atoms with Crippen LogP contribution in [0.25, 0.3) is 11.4 Å². The molecule has 0 spiro atoms. The molecule has 0 radical (unpaired) electrons. The maximum atomic E-state index is 6.04. The third kappa shape index (κ3) is 4.02. The second-order valence-electron chi connectivity index (χ2n) is 8.50. The molecule has 0 saturated heterocycles. The average Bonchev–Trinajstić information content (AvgIpc) is 2.69. The molecule has 0 bridgehead atoms. The Hall–Kier alpha value is -2.46. The first-order valence-electron chi connectivity index (χ1n) is 9.73. The summed E-state index contributed by atoms with van der Waals surface area (Å²) in [6.45, 7) is 6.96. The summed E-state index contributed by atoms with van der Waals surface area (Å²) in [5.74, 6) is 2.22. The molecule has 1 aliphatic carbocycles. The summed E-state index contributed by atoms with van der Waals surface area (Å²) < 4.78 is 0. The molecule has 1 unspecified atom stereocenters. The van der Waals surface area contributed by atoms with Gasteiger partial charge in [-0.15, -0.1) is 0 Å². The molecule has 1 N–H and O–H groups in total. The summed E-state index contributed by atoms with van der Waals surface area (Å²) in [6.07, 6.45) is 6.70. The number of nitrogens with one attached hydrogen (secondary N) is 1. The molecular weight excluding hydrogens is 368 g/mol. The quantitative estimate of drug-likeness (QED) is 0.586. The largest absolute Gasteiger partial charge is 0.340 e. The molecule has 4 nitrogen and oxygen atoms in total. The zero-order valence-electron chi connectivity index (χ0n) is 16.5. The number of pyridine rings is 1. The van der Waals surface area contributed by atoms with E-state index in [1.54, 1.807) is 6.20 Å². The van der Waals surface area contributed by atoms with Crippen LogP contribution in [0.4, 0.5) is 11.5 Å². The van der Waals surface area contributed by atoms with Crippen LogP contribution in [0.2, 0.25) is 5.02 Å². The van der Waals surface area contributed by atoms with Gasteiger partial charge in [-0.1, -0.05) is 32.4 Å². The number of nitrogens with zero attached hydrogens (tertiary/aromatic N) is 3. The van der Waals surface area contributed by atoms with E-state index in [1.807, 2.05) is 42.6 Å². The smallest absolute Gasteiger partial charge is 0.163 e. The molecule has 0 amide bonds. The Kier molecular flexibility index (Phi) is 5.07. The number of fused-ring (bicyclic) bond motifs is 1. The van der Waals surface area contributed by atoms with E-state index in [0.717, 1.165) is 52.9 Å². The molecular formula is C23H25ClN4. The van der Waals surface area contributed by atoms with Crippen LogP contribution < -0.4 is 5.32 Å². The van der Waals surface area contributed by atoms with E-state index in [4.69, 9.17) is 21.6 Å². The Labute approximate surface area is 171 Å². The van der Waals surface area contributed by atoms with Crippen molar-refractivity contribution < 1.29 is 0 Å². The van der Waals surface area contributed by atoms with Crippen LogP contribution in [0.3, 0.4) is 0 Å². The van der Waals surface area contributed by atoms with Crippen molar-refractivity contribution in [2.24, 2.45) is 11.3 Å². The number of anilines is 2. The van der Waals surface area contributed by atoms with Crippen molar-refractivity contribution in [1.29, 1.82) is 0 Å². The SMILES string of the molecule is CC(C)(C)C1CCc2nc(-c3cccnc3)nc(Nc3ccc(Cl)cc3)c2C1. The fourth-order valence-electron chi connectivity index (χ4n) is 3.75. The van der Waals surface area contributed by atoms with Gasteiger partial charge in [0, 0.05) is 39.9 Å². The van der Waals surface area contributed by atoms with Crippen LogP contribution in [0.15, 0.2) is 48.8 Å². The standard InChI is InChI=1S/C23H25ClN4/c1-23(2,3)16-6-11-20-19(13-16)22(26-18-9-7-17(24)8-10-18)28-21(27-20)15-5-4-12-25-14-15/h4-5,7-10,12,14,16H,6,11,13H2,1-3H3,(H,26,27,28). The molecule has 0 saturated carbocycles. The first-order valence-corrected chi connectivity index (χ1v) is 10.1. The van der Waals surface area contributed by atoms with Crippen molar-refractivity contribution in [2.75, 3.05) is 5.32 Å². The van der Waals surface area contributed by atoms with Gasteiger partial charge in [-0.05, 0) is 67.0 Å². The lowest BCUT2D eigenvalue weighted by atomic mass is 9.71. The molecule has 4 rings (SSSR count). The van der Waals surface area contributed by atoms with Crippen molar-refractivity contribution in [3.63, 3.8) is 0 Å². The normalized spacial score (nSPS) is 16.5. The minimum atomic E-state index is 0.261. The monoisotopic (exact) mass is 392 g/mol. The molecule has 3 aromatic rings. The fraction of sp³-hybridized carbons (Fsp3) is 0.348. The number of benzene rings is 1. The second kappa shape index (κ2) is 7.51. The minimum absolute atomic E-state index is 0.261. The highest BCUT2D eigenvalue weighted by molar-refractivity contribution is 6.30. The predicted octanol–water partition coefficient (Wildman–Crippen LogP) is 6.09. The van der Waals surface area contributed by atoms with Crippen LogP contribution in [-0.4, -0.2) is 15.0 Å². The van der Waals surface area contributed by atoms with E-state index < -0.39 is 0 Å². The lowest BCUT2D eigenvalue weighted by Crippen LogP contribution is -2.28. The van der Waals surface area contributed by atoms with Gasteiger partial charge < -0.3 is 5.32 Å². The zero-order chi connectivity index (χ0) is 19.7. The highest BCUT2D eigenvalue weighted by Gasteiger charge is 2.31. The molecule has 2 heterocycles. The van der Waals surface area contributed by atoms with Crippen molar-refractivity contribution >= 4 is 23.1 Å². The van der Waals surface area contributed by atoms with Gasteiger partial charge >= 0.3 is 0 Å². The van der Waals surface area contributed by atoms with Crippen molar-refractivity contribution in [1.82, 2.24) is 15.0 Å². The van der Waals surface area contributed by atoms with Crippen LogP contribution in [-0.2, 0) is 12.8 Å². The number of hydrogen-bond donors (Lipinski definition) is 1. The summed E-state index contributed by atoms with van der Waals surface area (Å²) in [4.78, 5) is 14.0. The van der Waals surface area contributed by atoms with Gasteiger partial charge in [0.15, 0.2) is 5.82 Å². The molecule has 28 heavy (non-hydrogen) atoms. The van der Waals surface area contributed by atoms with Gasteiger partial charge in [-0.3, -0.25) is 4.98 Å². The van der Waals surface area contributed by atoms with Crippen LogP contribution in [0.5, 0.6) is 0 Å². The van der Waals surface area contributed by atoms with Gasteiger partial charge in [0.05, 0.1) is 0 Å². The Bertz CT molecular complexity index is 962. The molecule has 0 fully saturated rings. The first-order chi connectivity index (χ1) is 13.4. The Morgan fingerprint density at radius 2 is 1.86 bits per heavy atom. The average molecular weight is 393 g/mol. The van der Waals surface area contributed by atoms with Crippen LogP contribution >= 0.6 is 11.6 Å². The third-order valence-electron chi connectivity index (χ3n) is 5.52. The van der Waals surface area contributed by atoms with Gasteiger partial charge in [0.25, 0.3) is 0 Å². The lowest BCUT2D eigenvalue weighted by Gasteiger charge is -2.35. The molecule has 2 aromatic heterocycles. The zero-order valence-corrected chi connectivity index (χ0v) is 17.3. The summed E-state index contributed by atoms with van der Waals surface area (Å²) in [6, 6.07) is 11.6. The first kappa shape index (κ1) is 18.9. The van der Waals surface area contributed by atoms with Crippen molar-refractivity contribution in [2.45, 2.75) is 40.0 Å². The Balaban J connectivity index is 1.77. The molecule has 144 valence electrons. The highest BCUT2D eigenvalue weighted by atomic mass is 35.5. The van der Waals surface area contributed by atoms with Crippen LogP contribution in [0.1, 0.15) is 38.4 Å². The van der Waals surface area contributed by atoms with Gasteiger partial charge in [0.1, 0.15) is 5.82 Å². The maximum Gasteiger partial charge on any atom is 0.163 e. The maximum absolute atomic E-state index is 6.04. The summed E-state index contributed by atoms with van der Waals surface area (Å²) >= 11 is 6.04.